The van der Waals surface area contributed by atoms with Crippen LogP contribution in [0, 0.1) is 12.8 Å². The van der Waals surface area contributed by atoms with Crippen LogP contribution in [0.2, 0.25) is 0 Å². The number of urea groups is 1. The van der Waals surface area contributed by atoms with E-state index in [2.05, 4.69) is 10.6 Å². The number of carboxylic acid groups (broad SMARTS) is 1. The number of carbonyl (C=O) groups excluding carboxylic acids is 1. The Kier molecular flexibility index (Phi) is 4.32. The van der Waals surface area contributed by atoms with Crippen molar-refractivity contribution in [3.63, 3.8) is 0 Å². The molecule has 2 unspecified atom stereocenters. The summed E-state index contributed by atoms with van der Waals surface area (Å²) < 4.78 is 5.44. The number of amides is 2. The van der Waals surface area contributed by atoms with E-state index < -0.39 is 5.97 Å². The van der Waals surface area contributed by atoms with Gasteiger partial charge in [0.25, 0.3) is 0 Å². The summed E-state index contributed by atoms with van der Waals surface area (Å²) in [4.78, 5) is 22.7. The minimum atomic E-state index is -0.892. The quantitative estimate of drug-likeness (QED) is 0.745. The predicted octanol–water partition coefficient (Wildman–Crippen LogP) is 2.20. The van der Waals surface area contributed by atoms with Gasteiger partial charge in [-0.15, -0.1) is 0 Å². The zero-order valence-electron chi connectivity index (χ0n) is 11.7. The standard InChI is InChI=1S/C14H20N2O4/c1-8-3-6-12(20-8)9(2)15-14(19)16-11(7-13(17)18)10-4-5-10/h3,6,9-11H,4-5,7H2,1-2H3,(H,17,18)(H2,15,16,19). The molecule has 1 saturated carbocycles. The molecule has 6 heteroatoms. The van der Waals surface area contributed by atoms with Gasteiger partial charge in [-0.05, 0) is 44.7 Å². The van der Waals surface area contributed by atoms with Crippen LogP contribution in [0.25, 0.3) is 0 Å². The van der Waals surface area contributed by atoms with Gasteiger partial charge in [0.15, 0.2) is 0 Å². The lowest BCUT2D eigenvalue weighted by atomic mass is 10.1. The van der Waals surface area contributed by atoms with Crippen LogP contribution in [0.1, 0.15) is 43.7 Å². The highest BCUT2D eigenvalue weighted by molar-refractivity contribution is 5.76. The molecule has 1 aliphatic rings. The fourth-order valence-electron chi connectivity index (χ4n) is 2.19. The molecule has 20 heavy (non-hydrogen) atoms. The Hall–Kier alpha value is -1.98. The van der Waals surface area contributed by atoms with Gasteiger partial charge in [-0.25, -0.2) is 4.79 Å². The molecule has 6 nitrogen and oxygen atoms in total. The molecular weight excluding hydrogens is 260 g/mol. The number of nitrogens with one attached hydrogen (secondary N) is 2. The number of aliphatic carboxylic acids is 1. The molecule has 2 atom stereocenters. The summed E-state index contributed by atoms with van der Waals surface area (Å²) in [6.45, 7) is 3.66. The molecular formula is C14H20N2O4. The zero-order valence-corrected chi connectivity index (χ0v) is 11.7. The molecule has 1 heterocycles. The number of carboxylic acids is 1. The van der Waals surface area contributed by atoms with Gasteiger partial charge in [0, 0.05) is 6.04 Å². The molecule has 2 amide bonds. The maximum absolute atomic E-state index is 11.9. The molecule has 3 N–H and O–H groups in total. The summed E-state index contributed by atoms with van der Waals surface area (Å²) in [7, 11) is 0. The van der Waals surface area contributed by atoms with E-state index >= 15 is 0 Å². The van der Waals surface area contributed by atoms with Gasteiger partial charge in [-0.2, -0.15) is 0 Å². The molecule has 1 fully saturated rings. The van der Waals surface area contributed by atoms with Crippen LogP contribution in [-0.4, -0.2) is 23.1 Å². The van der Waals surface area contributed by atoms with Crippen molar-refractivity contribution in [2.24, 2.45) is 5.92 Å². The molecule has 1 aliphatic carbocycles. The number of aryl methyl sites for hydroxylation is 1. The first kappa shape index (κ1) is 14.4. The SMILES string of the molecule is Cc1ccc(C(C)NC(=O)NC(CC(=O)O)C2CC2)o1. The van der Waals surface area contributed by atoms with E-state index in [-0.39, 0.29) is 30.5 Å². The maximum Gasteiger partial charge on any atom is 0.315 e. The van der Waals surface area contributed by atoms with E-state index in [1.807, 2.05) is 26.0 Å². The molecule has 0 bridgehead atoms. The van der Waals surface area contributed by atoms with Gasteiger partial charge in [0.1, 0.15) is 11.5 Å². The van der Waals surface area contributed by atoms with Gasteiger partial charge in [-0.1, -0.05) is 0 Å². The van der Waals surface area contributed by atoms with Crippen molar-refractivity contribution in [2.75, 3.05) is 0 Å². The number of hydrogen-bond acceptors (Lipinski definition) is 3. The van der Waals surface area contributed by atoms with Gasteiger partial charge >= 0.3 is 12.0 Å². The van der Waals surface area contributed by atoms with Crippen LogP contribution < -0.4 is 10.6 Å². The average Bonchev–Trinajstić information content (AvgIpc) is 3.10. The lowest BCUT2D eigenvalue weighted by molar-refractivity contribution is -0.137. The van der Waals surface area contributed by atoms with Crippen molar-refractivity contribution in [3.8, 4) is 0 Å². The topological polar surface area (TPSA) is 91.6 Å². The van der Waals surface area contributed by atoms with Crippen molar-refractivity contribution < 1.29 is 19.1 Å². The first-order valence-electron chi connectivity index (χ1n) is 6.81. The lowest BCUT2D eigenvalue weighted by Crippen LogP contribution is -2.44. The predicted molar refractivity (Wildman–Crippen MR) is 72.3 cm³/mol. The third kappa shape index (κ3) is 4.01. The molecule has 110 valence electrons. The Morgan fingerprint density at radius 3 is 2.60 bits per heavy atom. The average molecular weight is 280 g/mol. The zero-order chi connectivity index (χ0) is 14.7. The van der Waals surface area contributed by atoms with Crippen LogP contribution in [0.5, 0.6) is 0 Å². The van der Waals surface area contributed by atoms with Gasteiger partial charge in [0.2, 0.25) is 0 Å². The number of rotatable bonds is 6. The van der Waals surface area contributed by atoms with E-state index in [1.165, 1.54) is 0 Å². The van der Waals surface area contributed by atoms with Gasteiger partial charge in [-0.3, -0.25) is 4.79 Å². The second-order valence-electron chi connectivity index (χ2n) is 5.33. The van der Waals surface area contributed by atoms with Gasteiger partial charge < -0.3 is 20.2 Å². The Labute approximate surface area is 117 Å². The summed E-state index contributed by atoms with van der Waals surface area (Å²) in [5.74, 6) is 0.865. The summed E-state index contributed by atoms with van der Waals surface area (Å²) in [6.07, 6.45) is 1.92. The Bertz CT molecular complexity index is 493. The summed E-state index contributed by atoms with van der Waals surface area (Å²) in [6, 6.07) is 2.75. The van der Waals surface area contributed by atoms with E-state index in [0.29, 0.717) is 5.76 Å². The minimum absolute atomic E-state index is 0.0354. The maximum atomic E-state index is 11.9. The van der Waals surface area contributed by atoms with Crippen molar-refractivity contribution in [1.82, 2.24) is 10.6 Å². The first-order valence-corrected chi connectivity index (χ1v) is 6.81. The normalized spacial score (nSPS) is 17.3. The van der Waals surface area contributed by atoms with E-state index in [1.54, 1.807) is 0 Å². The lowest BCUT2D eigenvalue weighted by Gasteiger charge is -2.18. The smallest absolute Gasteiger partial charge is 0.315 e. The van der Waals surface area contributed by atoms with Crippen molar-refractivity contribution in [2.45, 2.75) is 45.2 Å². The van der Waals surface area contributed by atoms with E-state index in [0.717, 1.165) is 18.6 Å². The van der Waals surface area contributed by atoms with Crippen LogP contribution in [0.4, 0.5) is 4.79 Å². The third-order valence-electron chi connectivity index (χ3n) is 3.44. The molecule has 0 spiro atoms. The van der Waals surface area contributed by atoms with Crippen LogP contribution in [0.3, 0.4) is 0 Å². The Balaban J connectivity index is 1.85. The Morgan fingerprint density at radius 2 is 2.10 bits per heavy atom. The van der Waals surface area contributed by atoms with Crippen LogP contribution >= 0.6 is 0 Å². The number of furan rings is 1. The van der Waals surface area contributed by atoms with Crippen LogP contribution in [0.15, 0.2) is 16.5 Å². The van der Waals surface area contributed by atoms with Crippen molar-refractivity contribution in [3.05, 3.63) is 23.7 Å². The molecule has 0 radical (unpaired) electrons. The fraction of sp³-hybridized carbons (Fsp3) is 0.571. The minimum Gasteiger partial charge on any atom is -0.481 e. The number of hydrogen-bond donors (Lipinski definition) is 3. The highest BCUT2D eigenvalue weighted by Gasteiger charge is 2.33. The largest absolute Gasteiger partial charge is 0.481 e. The third-order valence-corrected chi connectivity index (χ3v) is 3.44. The highest BCUT2D eigenvalue weighted by atomic mass is 16.4. The number of carbonyl (C=O) groups is 2. The van der Waals surface area contributed by atoms with Crippen molar-refractivity contribution >= 4 is 12.0 Å². The second kappa shape index (κ2) is 5.98. The fourth-order valence-corrected chi connectivity index (χ4v) is 2.19. The molecule has 1 aromatic heterocycles. The van der Waals surface area contributed by atoms with Gasteiger partial charge in [0.05, 0.1) is 12.5 Å². The summed E-state index contributed by atoms with van der Waals surface area (Å²) >= 11 is 0. The highest BCUT2D eigenvalue weighted by Crippen LogP contribution is 2.34. The molecule has 1 aromatic rings. The molecule has 2 rings (SSSR count). The van der Waals surface area contributed by atoms with E-state index in [9.17, 15) is 9.59 Å². The van der Waals surface area contributed by atoms with Crippen molar-refractivity contribution in [1.29, 1.82) is 0 Å². The molecule has 0 aromatic carbocycles. The first-order chi connectivity index (χ1) is 9.45. The molecule has 0 aliphatic heterocycles. The monoisotopic (exact) mass is 280 g/mol. The van der Waals surface area contributed by atoms with Crippen LogP contribution in [-0.2, 0) is 4.79 Å². The van der Waals surface area contributed by atoms with E-state index in [4.69, 9.17) is 9.52 Å². The Morgan fingerprint density at radius 1 is 1.40 bits per heavy atom. The molecule has 0 saturated heterocycles. The second-order valence-corrected chi connectivity index (χ2v) is 5.33. The summed E-state index contributed by atoms with van der Waals surface area (Å²) in [5.41, 5.74) is 0. The summed E-state index contributed by atoms with van der Waals surface area (Å²) in [5, 5.41) is 14.4.